The van der Waals surface area contributed by atoms with Crippen molar-refractivity contribution in [3.63, 3.8) is 0 Å². The Labute approximate surface area is 153 Å². The summed E-state index contributed by atoms with van der Waals surface area (Å²) in [6.45, 7) is 15.5. The number of ketones is 1. The number of hydrogen-bond donors (Lipinski definition) is 0. The number of carbonyl (C=O) groups is 2. The molecule has 2 fully saturated rings. The van der Waals surface area contributed by atoms with Crippen LogP contribution in [0.4, 0.5) is 0 Å². The number of rotatable bonds is 6. The van der Waals surface area contributed by atoms with Gasteiger partial charge in [-0.2, -0.15) is 0 Å². The summed E-state index contributed by atoms with van der Waals surface area (Å²) in [5.74, 6) is 1.77. The van der Waals surface area contributed by atoms with E-state index >= 15 is 0 Å². The number of hydrogen-bond acceptors (Lipinski definition) is 3. The summed E-state index contributed by atoms with van der Waals surface area (Å²) < 4.78 is 5.07. The third kappa shape index (κ3) is 4.54. The summed E-state index contributed by atoms with van der Waals surface area (Å²) in [4.78, 5) is 23.4. The van der Waals surface area contributed by atoms with Gasteiger partial charge in [0.15, 0.2) is 0 Å². The lowest BCUT2D eigenvalue weighted by Gasteiger charge is -2.57. The first kappa shape index (κ1) is 20.2. The Balaban J connectivity index is 2.03. The molecular formula is C22H36O3. The summed E-state index contributed by atoms with van der Waals surface area (Å²) in [6.07, 6.45) is 6.82. The molecule has 4 atom stereocenters. The topological polar surface area (TPSA) is 43.4 Å². The van der Waals surface area contributed by atoms with Crippen molar-refractivity contribution in [1.82, 2.24) is 0 Å². The molecule has 2 saturated carbocycles. The molecular weight excluding hydrogens is 312 g/mol. The zero-order chi connectivity index (χ0) is 18.8. The fourth-order valence-corrected chi connectivity index (χ4v) is 5.72. The van der Waals surface area contributed by atoms with Gasteiger partial charge in [0.2, 0.25) is 0 Å². The van der Waals surface area contributed by atoms with Crippen LogP contribution in [0.1, 0.15) is 79.6 Å². The molecule has 0 radical (unpaired) electrons. The third-order valence-corrected chi connectivity index (χ3v) is 6.88. The standard InChI is InChI=1S/C22H36O3/c1-15(11-12-25-17(3)23)7-9-19-16(2)8-10-20-21(4,5)13-18(24)14-22(19,20)6/h15,19-20H,2,7-14H2,1,3-6H3/t15-,19-,20-,22-/m1/s1. The van der Waals surface area contributed by atoms with Crippen LogP contribution in [0.5, 0.6) is 0 Å². The van der Waals surface area contributed by atoms with Gasteiger partial charge in [-0.1, -0.05) is 39.8 Å². The van der Waals surface area contributed by atoms with Crippen LogP contribution < -0.4 is 0 Å². The van der Waals surface area contributed by atoms with Crippen LogP contribution in [-0.4, -0.2) is 18.4 Å². The van der Waals surface area contributed by atoms with Crippen molar-refractivity contribution in [2.45, 2.75) is 79.6 Å². The van der Waals surface area contributed by atoms with E-state index in [4.69, 9.17) is 4.74 Å². The first-order chi connectivity index (χ1) is 11.6. The first-order valence-corrected chi connectivity index (χ1v) is 9.89. The molecule has 0 amide bonds. The highest BCUT2D eigenvalue weighted by atomic mass is 16.5. The third-order valence-electron chi connectivity index (χ3n) is 6.88. The minimum absolute atomic E-state index is 0.0593. The van der Waals surface area contributed by atoms with Crippen LogP contribution in [0.25, 0.3) is 0 Å². The van der Waals surface area contributed by atoms with E-state index in [0.29, 0.717) is 36.6 Å². The average Bonchev–Trinajstić information content (AvgIpc) is 2.43. The number of allylic oxidation sites excluding steroid dienone is 1. The van der Waals surface area contributed by atoms with Crippen LogP contribution >= 0.6 is 0 Å². The largest absolute Gasteiger partial charge is 0.466 e. The first-order valence-electron chi connectivity index (χ1n) is 9.89. The van der Waals surface area contributed by atoms with Gasteiger partial charge in [-0.05, 0) is 60.7 Å². The van der Waals surface area contributed by atoms with Crippen molar-refractivity contribution in [2.75, 3.05) is 6.61 Å². The summed E-state index contributed by atoms with van der Waals surface area (Å²) in [6, 6.07) is 0. The molecule has 0 aromatic rings. The number of ether oxygens (including phenoxy) is 1. The SMILES string of the molecule is C=C1CC[C@@H]2C(C)(C)CC(=O)C[C@]2(C)[C@@H]1CC[C@@H](C)CCOC(C)=O. The van der Waals surface area contributed by atoms with Gasteiger partial charge in [0.1, 0.15) is 5.78 Å². The second kappa shape index (κ2) is 7.63. The molecule has 0 bridgehead atoms. The van der Waals surface area contributed by atoms with E-state index in [1.54, 1.807) is 0 Å². The van der Waals surface area contributed by atoms with Gasteiger partial charge in [0, 0.05) is 19.8 Å². The lowest BCUT2D eigenvalue weighted by molar-refractivity contribution is -0.141. The monoisotopic (exact) mass is 348 g/mol. The molecule has 0 aromatic carbocycles. The second-order valence-corrected chi connectivity index (χ2v) is 9.50. The Morgan fingerprint density at radius 1 is 1.28 bits per heavy atom. The molecule has 25 heavy (non-hydrogen) atoms. The van der Waals surface area contributed by atoms with Crippen LogP contribution in [0.15, 0.2) is 12.2 Å². The molecule has 3 heteroatoms. The normalized spacial score (nSPS) is 32.8. The van der Waals surface area contributed by atoms with E-state index in [9.17, 15) is 9.59 Å². The lowest BCUT2D eigenvalue weighted by atomic mass is 9.47. The molecule has 0 heterocycles. The number of esters is 1. The van der Waals surface area contributed by atoms with Gasteiger partial charge in [-0.15, -0.1) is 0 Å². The maximum atomic E-state index is 12.5. The molecule has 2 aliphatic carbocycles. The molecule has 0 aromatic heterocycles. The van der Waals surface area contributed by atoms with E-state index in [1.165, 1.54) is 18.9 Å². The highest BCUT2D eigenvalue weighted by Gasteiger charge is 2.54. The van der Waals surface area contributed by atoms with Gasteiger partial charge >= 0.3 is 5.97 Å². The highest BCUT2D eigenvalue weighted by molar-refractivity contribution is 5.81. The zero-order valence-electron chi connectivity index (χ0n) is 16.8. The quantitative estimate of drug-likeness (QED) is 0.481. The number of fused-ring (bicyclic) bond motifs is 1. The van der Waals surface area contributed by atoms with Crippen molar-refractivity contribution in [1.29, 1.82) is 0 Å². The Kier molecular flexibility index (Phi) is 6.17. The molecule has 2 aliphatic rings. The summed E-state index contributed by atoms with van der Waals surface area (Å²) in [7, 11) is 0. The zero-order valence-corrected chi connectivity index (χ0v) is 16.8. The minimum atomic E-state index is -0.203. The van der Waals surface area contributed by atoms with Crippen LogP contribution in [-0.2, 0) is 14.3 Å². The van der Waals surface area contributed by atoms with Gasteiger partial charge in [0.25, 0.3) is 0 Å². The fourth-order valence-electron chi connectivity index (χ4n) is 5.72. The molecule has 0 aliphatic heterocycles. The molecule has 0 unspecified atom stereocenters. The van der Waals surface area contributed by atoms with Gasteiger partial charge in [-0.25, -0.2) is 0 Å². The minimum Gasteiger partial charge on any atom is -0.466 e. The molecule has 2 rings (SSSR count). The van der Waals surface area contributed by atoms with E-state index < -0.39 is 0 Å². The Bertz CT molecular complexity index is 533. The predicted octanol–water partition coefficient (Wildman–Crippen LogP) is 5.33. The van der Waals surface area contributed by atoms with Crippen LogP contribution in [0.3, 0.4) is 0 Å². The average molecular weight is 349 g/mol. The van der Waals surface area contributed by atoms with E-state index in [0.717, 1.165) is 32.1 Å². The van der Waals surface area contributed by atoms with Crippen molar-refractivity contribution in [2.24, 2.45) is 28.6 Å². The lowest BCUT2D eigenvalue weighted by Crippen LogP contribution is -2.52. The predicted molar refractivity (Wildman–Crippen MR) is 101 cm³/mol. The molecule has 0 saturated heterocycles. The van der Waals surface area contributed by atoms with Gasteiger partial charge < -0.3 is 4.74 Å². The number of carbonyl (C=O) groups excluding carboxylic acids is 2. The summed E-state index contributed by atoms with van der Waals surface area (Å²) in [5, 5.41) is 0. The Morgan fingerprint density at radius 2 is 1.96 bits per heavy atom. The summed E-state index contributed by atoms with van der Waals surface area (Å²) in [5.41, 5.74) is 1.50. The maximum Gasteiger partial charge on any atom is 0.302 e. The molecule has 142 valence electrons. The maximum absolute atomic E-state index is 12.5. The molecule has 3 nitrogen and oxygen atoms in total. The van der Waals surface area contributed by atoms with Gasteiger partial charge in [0.05, 0.1) is 6.61 Å². The Hall–Kier alpha value is -1.12. The van der Waals surface area contributed by atoms with Crippen molar-refractivity contribution >= 4 is 11.8 Å². The Morgan fingerprint density at radius 3 is 2.60 bits per heavy atom. The second-order valence-electron chi connectivity index (χ2n) is 9.50. The van der Waals surface area contributed by atoms with Crippen molar-refractivity contribution < 1.29 is 14.3 Å². The van der Waals surface area contributed by atoms with Gasteiger partial charge in [-0.3, -0.25) is 9.59 Å². The molecule has 0 N–H and O–H groups in total. The smallest absolute Gasteiger partial charge is 0.302 e. The fraction of sp³-hybridized carbons (Fsp3) is 0.818. The number of Topliss-reactive ketones (excluding diaryl/α,β-unsaturated/α-hetero) is 1. The van der Waals surface area contributed by atoms with Crippen molar-refractivity contribution in [3.05, 3.63) is 12.2 Å². The van der Waals surface area contributed by atoms with E-state index in [-0.39, 0.29) is 16.8 Å². The van der Waals surface area contributed by atoms with Crippen LogP contribution in [0.2, 0.25) is 0 Å². The van der Waals surface area contributed by atoms with E-state index in [2.05, 4.69) is 34.3 Å². The van der Waals surface area contributed by atoms with E-state index in [1.807, 2.05) is 0 Å². The molecule has 0 spiro atoms. The van der Waals surface area contributed by atoms with Crippen LogP contribution in [0, 0.1) is 28.6 Å². The summed E-state index contributed by atoms with van der Waals surface area (Å²) >= 11 is 0. The van der Waals surface area contributed by atoms with Crippen molar-refractivity contribution in [3.8, 4) is 0 Å². The highest BCUT2D eigenvalue weighted by Crippen LogP contribution is 2.61.